The summed E-state index contributed by atoms with van der Waals surface area (Å²) < 4.78 is 1.44. The molecule has 3 rings (SSSR count). The van der Waals surface area contributed by atoms with Crippen LogP contribution in [0.15, 0.2) is 0 Å². The van der Waals surface area contributed by atoms with E-state index in [0.717, 1.165) is 36.1 Å². The van der Waals surface area contributed by atoms with Crippen molar-refractivity contribution in [2.24, 2.45) is 12.8 Å². The van der Waals surface area contributed by atoms with Crippen molar-refractivity contribution in [1.29, 1.82) is 0 Å². The summed E-state index contributed by atoms with van der Waals surface area (Å²) in [5.74, 6) is -0.298. The number of aromatic nitrogens is 4. The van der Waals surface area contributed by atoms with Gasteiger partial charge in [0, 0.05) is 11.9 Å². The molecule has 0 fully saturated rings. The van der Waals surface area contributed by atoms with Crippen LogP contribution in [-0.2, 0) is 31.1 Å². The van der Waals surface area contributed by atoms with Gasteiger partial charge in [-0.1, -0.05) is 0 Å². The zero-order chi connectivity index (χ0) is 15.7. The summed E-state index contributed by atoms with van der Waals surface area (Å²) in [6.07, 6.45) is 3.96. The van der Waals surface area contributed by atoms with E-state index < -0.39 is 5.91 Å². The van der Waals surface area contributed by atoms with Crippen LogP contribution in [-0.4, -0.2) is 32.0 Å². The van der Waals surface area contributed by atoms with Gasteiger partial charge >= 0.3 is 0 Å². The first-order chi connectivity index (χ1) is 10.6. The Labute approximate surface area is 130 Å². The monoisotopic (exact) mass is 320 g/mol. The predicted molar refractivity (Wildman–Crippen MR) is 80.6 cm³/mol. The molecule has 0 saturated heterocycles. The first kappa shape index (κ1) is 14.6. The van der Waals surface area contributed by atoms with Crippen molar-refractivity contribution in [2.45, 2.75) is 32.1 Å². The molecule has 116 valence electrons. The van der Waals surface area contributed by atoms with Gasteiger partial charge in [0.15, 0.2) is 5.82 Å². The van der Waals surface area contributed by atoms with Gasteiger partial charge < -0.3 is 11.1 Å². The molecular formula is C13H16N6O2S. The number of hydrogen-bond donors (Lipinski definition) is 2. The Balaban J connectivity index is 1.82. The van der Waals surface area contributed by atoms with Gasteiger partial charge in [-0.15, -0.1) is 16.4 Å². The number of aryl methyl sites for hydroxylation is 2. The molecule has 0 unspecified atom stereocenters. The van der Waals surface area contributed by atoms with Crippen molar-refractivity contribution < 1.29 is 9.59 Å². The fourth-order valence-corrected chi connectivity index (χ4v) is 3.94. The summed E-state index contributed by atoms with van der Waals surface area (Å²) >= 11 is 1.44. The van der Waals surface area contributed by atoms with E-state index in [1.165, 1.54) is 16.0 Å². The van der Waals surface area contributed by atoms with Gasteiger partial charge in [0.1, 0.15) is 5.00 Å². The maximum atomic E-state index is 12.2. The number of fused-ring (bicyclic) bond motifs is 1. The molecule has 8 nitrogen and oxygen atoms in total. The van der Waals surface area contributed by atoms with Crippen molar-refractivity contribution in [3.63, 3.8) is 0 Å². The number of thiophene rings is 1. The van der Waals surface area contributed by atoms with E-state index in [9.17, 15) is 9.59 Å². The summed E-state index contributed by atoms with van der Waals surface area (Å²) in [6, 6.07) is 0. The Kier molecular flexibility index (Phi) is 3.88. The second-order valence-corrected chi connectivity index (χ2v) is 6.33. The Morgan fingerprint density at radius 1 is 1.36 bits per heavy atom. The van der Waals surface area contributed by atoms with Crippen molar-refractivity contribution >= 4 is 28.2 Å². The van der Waals surface area contributed by atoms with E-state index in [2.05, 4.69) is 20.8 Å². The number of nitrogens with zero attached hydrogens (tertiary/aromatic N) is 4. The SMILES string of the molecule is Cn1nnnc1CC(=O)Nc1sc2c(c1C(N)=O)CCCC2. The fraction of sp³-hybridized carbons (Fsp3) is 0.462. The molecule has 22 heavy (non-hydrogen) atoms. The highest BCUT2D eigenvalue weighted by atomic mass is 32.1. The number of tetrazole rings is 1. The lowest BCUT2D eigenvalue weighted by Crippen LogP contribution is -2.20. The minimum atomic E-state index is -0.491. The molecule has 9 heteroatoms. The highest BCUT2D eigenvalue weighted by molar-refractivity contribution is 7.17. The normalized spacial score (nSPS) is 13.7. The van der Waals surface area contributed by atoms with Crippen LogP contribution in [0.4, 0.5) is 5.00 Å². The quantitative estimate of drug-likeness (QED) is 0.847. The molecule has 0 saturated carbocycles. The lowest BCUT2D eigenvalue weighted by Gasteiger charge is -2.11. The summed E-state index contributed by atoms with van der Waals surface area (Å²) in [6.45, 7) is 0. The third kappa shape index (κ3) is 2.71. The Morgan fingerprint density at radius 3 is 2.82 bits per heavy atom. The number of carbonyl (C=O) groups is 2. The molecule has 2 amide bonds. The summed E-state index contributed by atoms with van der Waals surface area (Å²) in [5, 5.41) is 14.3. The number of primary amides is 1. The lowest BCUT2D eigenvalue weighted by molar-refractivity contribution is -0.115. The van der Waals surface area contributed by atoms with Gasteiger partial charge in [-0.2, -0.15) is 0 Å². The maximum absolute atomic E-state index is 12.2. The largest absolute Gasteiger partial charge is 0.365 e. The predicted octanol–water partition coefficient (Wildman–Crippen LogP) is 0.430. The smallest absolute Gasteiger partial charge is 0.251 e. The minimum absolute atomic E-state index is 0.0459. The van der Waals surface area contributed by atoms with Crippen LogP contribution in [0.3, 0.4) is 0 Å². The second kappa shape index (κ2) is 5.84. The number of hydrogen-bond acceptors (Lipinski definition) is 6. The maximum Gasteiger partial charge on any atom is 0.251 e. The Morgan fingerprint density at radius 2 is 2.14 bits per heavy atom. The molecule has 2 aromatic rings. The highest BCUT2D eigenvalue weighted by Gasteiger charge is 2.25. The molecule has 0 bridgehead atoms. The van der Waals surface area contributed by atoms with Gasteiger partial charge in [-0.05, 0) is 41.7 Å². The molecule has 1 aliphatic carbocycles. The third-order valence-electron chi connectivity index (χ3n) is 3.70. The minimum Gasteiger partial charge on any atom is -0.365 e. The molecule has 0 radical (unpaired) electrons. The standard InChI is InChI=1S/C13H16N6O2S/c1-19-9(16-17-18-19)6-10(20)15-13-11(12(14)21)7-4-2-3-5-8(7)22-13/h2-6H2,1H3,(H2,14,21)(H,15,20). The van der Waals surface area contributed by atoms with Crippen molar-refractivity contribution in [1.82, 2.24) is 20.2 Å². The van der Waals surface area contributed by atoms with Gasteiger partial charge in [-0.3, -0.25) is 9.59 Å². The van der Waals surface area contributed by atoms with E-state index in [0.29, 0.717) is 16.4 Å². The number of anilines is 1. The first-order valence-electron chi connectivity index (χ1n) is 7.01. The van der Waals surface area contributed by atoms with Crippen LogP contribution in [0.5, 0.6) is 0 Å². The van der Waals surface area contributed by atoms with E-state index in [1.807, 2.05) is 0 Å². The first-order valence-corrected chi connectivity index (χ1v) is 7.83. The fourth-order valence-electron chi connectivity index (χ4n) is 2.63. The van der Waals surface area contributed by atoms with Gasteiger partial charge in [0.05, 0.1) is 12.0 Å². The molecule has 2 heterocycles. The van der Waals surface area contributed by atoms with E-state index >= 15 is 0 Å². The van der Waals surface area contributed by atoms with E-state index in [-0.39, 0.29) is 12.3 Å². The lowest BCUT2D eigenvalue weighted by atomic mass is 9.95. The van der Waals surface area contributed by atoms with Crippen LogP contribution in [0.2, 0.25) is 0 Å². The number of nitrogens with one attached hydrogen (secondary N) is 1. The number of rotatable bonds is 4. The molecule has 1 aliphatic rings. The molecule has 2 aromatic heterocycles. The van der Waals surface area contributed by atoms with E-state index in [1.54, 1.807) is 7.05 Å². The van der Waals surface area contributed by atoms with Crippen molar-refractivity contribution in [3.05, 3.63) is 21.8 Å². The van der Waals surface area contributed by atoms with Crippen LogP contribution in [0.1, 0.15) is 39.5 Å². The third-order valence-corrected chi connectivity index (χ3v) is 4.90. The zero-order valence-electron chi connectivity index (χ0n) is 12.1. The Bertz CT molecular complexity index is 735. The molecule has 0 aromatic carbocycles. The number of nitrogens with two attached hydrogens (primary N) is 1. The van der Waals surface area contributed by atoms with Crippen LogP contribution >= 0.6 is 11.3 Å². The average Bonchev–Trinajstić information content (AvgIpc) is 3.02. The summed E-state index contributed by atoms with van der Waals surface area (Å²) in [4.78, 5) is 25.1. The van der Waals surface area contributed by atoms with Crippen molar-refractivity contribution in [3.8, 4) is 0 Å². The zero-order valence-corrected chi connectivity index (χ0v) is 12.9. The molecule has 0 atom stereocenters. The molecule has 0 aliphatic heterocycles. The van der Waals surface area contributed by atoms with Crippen LogP contribution < -0.4 is 11.1 Å². The van der Waals surface area contributed by atoms with Crippen LogP contribution in [0.25, 0.3) is 0 Å². The van der Waals surface area contributed by atoms with Gasteiger partial charge in [0.25, 0.3) is 5.91 Å². The van der Waals surface area contributed by atoms with Gasteiger partial charge in [-0.25, -0.2) is 4.68 Å². The number of carbonyl (C=O) groups excluding carboxylic acids is 2. The summed E-state index contributed by atoms with van der Waals surface area (Å²) in [5.41, 5.74) is 6.96. The summed E-state index contributed by atoms with van der Waals surface area (Å²) in [7, 11) is 1.67. The molecule has 0 spiro atoms. The van der Waals surface area contributed by atoms with Crippen LogP contribution in [0, 0.1) is 0 Å². The second-order valence-electron chi connectivity index (χ2n) is 5.22. The molecular weight excluding hydrogens is 304 g/mol. The molecule has 3 N–H and O–H groups in total. The highest BCUT2D eigenvalue weighted by Crippen LogP contribution is 2.37. The number of amides is 2. The van der Waals surface area contributed by atoms with Crippen molar-refractivity contribution in [2.75, 3.05) is 5.32 Å². The average molecular weight is 320 g/mol. The topological polar surface area (TPSA) is 116 Å². The Hall–Kier alpha value is -2.29. The van der Waals surface area contributed by atoms with E-state index in [4.69, 9.17) is 5.73 Å². The van der Waals surface area contributed by atoms with Gasteiger partial charge in [0.2, 0.25) is 5.91 Å².